The maximum absolute atomic E-state index is 14.0. The molecule has 2 aromatic rings. The molecular formula is C21H27F. The van der Waals surface area contributed by atoms with Gasteiger partial charge in [-0.3, -0.25) is 0 Å². The van der Waals surface area contributed by atoms with Gasteiger partial charge in [0, 0.05) is 0 Å². The van der Waals surface area contributed by atoms with Crippen LogP contribution in [0, 0.1) is 5.82 Å². The Balaban J connectivity index is 2.15. The first-order valence-electron chi connectivity index (χ1n) is 8.04. The molecule has 0 aliphatic heterocycles. The predicted molar refractivity (Wildman–Crippen MR) is 92.9 cm³/mol. The van der Waals surface area contributed by atoms with Crippen LogP contribution in [0.5, 0.6) is 0 Å². The monoisotopic (exact) mass is 298 g/mol. The molecule has 0 heterocycles. The van der Waals surface area contributed by atoms with Crippen molar-refractivity contribution in [2.45, 2.75) is 58.3 Å². The molecule has 22 heavy (non-hydrogen) atoms. The molecule has 0 nitrogen and oxygen atoms in total. The summed E-state index contributed by atoms with van der Waals surface area (Å²) < 4.78 is 14.0. The normalized spacial score (nSPS) is 12.5. The molecule has 0 atom stereocenters. The fourth-order valence-corrected chi connectivity index (χ4v) is 2.79. The van der Waals surface area contributed by atoms with Crippen molar-refractivity contribution in [3.8, 4) is 0 Å². The Hall–Kier alpha value is -1.63. The Morgan fingerprint density at radius 2 is 1.50 bits per heavy atom. The first-order valence-corrected chi connectivity index (χ1v) is 8.04. The predicted octanol–water partition coefficient (Wildman–Crippen LogP) is 6.03. The molecule has 1 heteroatoms. The van der Waals surface area contributed by atoms with Crippen molar-refractivity contribution in [2.24, 2.45) is 0 Å². The highest BCUT2D eigenvalue weighted by Crippen LogP contribution is 2.30. The summed E-state index contributed by atoms with van der Waals surface area (Å²) in [5.41, 5.74) is 3.35. The molecule has 2 aromatic carbocycles. The molecule has 118 valence electrons. The van der Waals surface area contributed by atoms with Gasteiger partial charge in [-0.15, -0.1) is 0 Å². The van der Waals surface area contributed by atoms with Crippen molar-refractivity contribution < 1.29 is 4.39 Å². The van der Waals surface area contributed by atoms with Crippen LogP contribution < -0.4 is 0 Å². The van der Waals surface area contributed by atoms with Gasteiger partial charge in [0.2, 0.25) is 0 Å². The minimum atomic E-state index is -0.158. The van der Waals surface area contributed by atoms with E-state index in [4.69, 9.17) is 0 Å². The van der Waals surface area contributed by atoms with E-state index in [1.165, 1.54) is 11.1 Å². The fourth-order valence-electron chi connectivity index (χ4n) is 2.79. The third-order valence-electron chi connectivity index (χ3n) is 4.43. The summed E-state index contributed by atoms with van der Waals surface area (Å²) in [7, 11) is 0. The Bertz CT molecular complexity index is 618. The first kappa shape index (κ1) is 16.7. The molecule has 0 spiro atoms. The molecule has 0 saturated heterocycles. The lowest BCUT2D eigenvalue weighted by molar-refractivity contribution is 0.478. The highest BCUT2D eigenvalue weighted by Gasteiger charge is 2.22. The lowest BCUT2D eigenvalue weighted by Gasteiger charge is -2.26. The average Bonchev–Trinajstić information content (AvgIpc) is 2.46. The third kappa shape index (κ3) is 3.97. The van der Waals surface area contributed by atoms with Crippen molar-refractivity contribution >= 4 is 0 Å². The smallest absolute Gasteiger partial charge is 0.126 e. The average molecular weight is 298 g/mol. The Morgan fingerprint density at radius 1 is 0.864 bits per heavy atom. The SMILES string of the molecule is CC(C)(C)c1cc(CCC(C)(C)c2ccccc2)ccc1F. The molecule has 0 unspecified atom stereocenters. The van der Waals surface area contributed by atoms with Crippen LogP contribution in [0.25, 0.3) is 0 Å². The van der Waals surface area contributed by atoms with E-state index in [2.05, 4.69) is 65.0 Å². The lowest BCUT2D eigenvalue weighted by Crippen LogP contribution is -2.18. The Morgan fingerprint density at radius 3 is 2.09 bits per heavy atom. The van der Waals surface area contributed by atoms with E-state index in [0.29, 0.717) is 0 Å². The van der Waals surface area contributed by atoms with Gasteiger partial charge in [-0.1, -0.05) is 77.1 Å². The number of halogens is 1. The zero-order chi connectivity index (χ0) is 16.4. The van der Waals surface area contributed by atoms with Gasteiger partial charge in [0.15, 0.2) is 0 Å². The van der Waals surface area contributed by atoms with Gasteiger partial charge < -0.3 is 0 Å². The van der Waals surface area contributed by atoms with Crippen LogP contribution >= 0.6 is 0 Å². The Labute approximate surface area is 134 Å². The second-order valence-corrected chi connectivity index (χ2v) is 7.81. The molecule has 0 fully saturated rings. The summed E-state index contributed by atoms with van der Waals surface area (Å²) in [6.07, 6.45) is 2.01. The zero-order valence-electron chi connectivity index (χ0n) is 14.4. The van der Waals surface area contributed by atoms with Crippen molar-refractivity contribution in [1.82, 2.24) is 0 Å². The fraction of sp³-hybridized carbons (Fsp3) is 0.429. The zero-order valence-corrected chi connectivity index (χ0v) is 14.4. The van der Waals surface area contributed by atoms with Crippen LogP contribution in [-0.2, 0) is 17.3 Å². The highest BCUT2D eigenvalue weighted by atomic mass is 19.1. The molecule has 0 aliphatic rings. The number of rotatable bonds is 4. The molecule has 0 radical (unpaired) electrons. The van der Waals surface area contributed by atoms with Crippen molar-refractivity contribution in [2.75, 3.05) is 0 Å². The standard InChI is InChI=1S/C21H27F/c1-20(2,3)18-15-16(11-12-19(18)22)13-14-21(4,5)17-9-7-6-8-10-17/h6-12,15H,13-14H2,1-5H3. The minimum Gasteiger partial charge on any atom is -0.207 e. The van der Waals surface area contributed by atoms with Gasteiger partial charge >= 0.3 is 0 Å². The molecule has 0 aliphatic carbocycles. The van der Waals surface area contributed by atoms with E-state index in [9.17, 15) is 4.39 Å². The molecule has 0 aromatic heterocycles. The van der Waals surface area contributed by atoms with Gasteiger partial charge in [-0.05, 0) is 46.4 Å². The van der Waals surface area contributed by atoms with Gasteiger partial charge in [0.25, 0.3) is 0 Å². The van der Waals surface area contributed by atoms with Crippen molar-refractivity contribution in [3.63, 3.8) is 0 Å². The van der Waals surface area contributed by atoms with Crippen LogP contribution in [-0.4, -0.2) is 0 Å². The second-order valence-electron chi connectivity index (χ2n) is 7.81. The summed E-state index contributed by atoms with van der Waals surface area (Å²) in [5, 5.41) is 0. The van der Waals surface area contributed by atoms with Crippen LogP contribution in [0.4, 0.5) is 4.39 Å². The molecule has 0 saturated carbocycles. The van der Waals surface area contributed by atoms with Crippen LogP contribution in [0.15, 0.2) is 48.5 Å². The van der Waals surface area contributed by atoms with Crippen LogP contribution in [0.2, 0.25) is 0 Å². The topological polar surface area (TPSA) is 0 Å². The quantitative estimate of drug-likeness (QED) is 0.646. The highest BCUT2D eigenvalue weighted by molar-refractivity contribution is 5.31. The summed E-state index contributed by atoms with van der Waals surface area (Å²) in [6, 6.07) is 16.2. The maximum Gasteiger partial charge on any atom is 0.126 e. The van der Waals surface area contributed by atoms with Gasteiger partial charge in [0.05, 0.1) is 0 Å². The molecule has 0 bridgehead atoms. The van der Waals surface area contributed by atoms with E-state index >= 15 is 0 Å². The number of aryl methyl sites for hydroxylation is 1. The number of benzene rings is 2. The van der Waals surface area contributed by atoms with E-state index < -0.39 is 0 Å². The Kier molecular flexibility index (Phi) is 4.75. The van der Waals surface area contributed by atoms with E-state index in [1.54, 1.807) is 6.07 Å². The number of hydrogen-bond acceptors (Lipinski definition) is 0. The van der Waals surface area contributed by atoms with Crippen LogP contribution in [0.3, 0.4) is 0 Å². The molecule has 0 amide bonds. The van der Waals surface area contributed by atoms with Gasteiger partial charge in [0.1, 0.15) is 5.82 Å². The van der Waals surface area contributed by atoms with Gasteiger partial charge in [-0.2, -0.15) is 0 Å². The number of hydrogen-bond donors (Lipinski definition) is 0. The summed E-state index contributed by atoms with van der Waals surface area (Å²) in [5.74, 6) is -0.0985. The van der Waals surface area contributed by atoms with Gasteiger partial charge in [-0.25, -0.2) is 4.39 Å². The third-order valence-corrected chi connectivity index (χ3v) is 4.43. The van der Waals surface area contributed by atoms with Crippen molar-refractivity contribution in [1.29, 1.82) is 0 Å². The van der Waals surface area contributed by atoms with Crippen molar-refractivity contribution in [3.05, 3.63) is 71.0 Å². The largest absolute Gasteiger partial charge is 0.207 e. The summed E-state index contributed by atoms with van der Waals surface area (Å²) in [6.45, 7) is 10.7. The lowest BCUT2D eigenvalue weighted by atomic mass is 9.79. The molecular weight excluding hydrogens is 271 g/mol. The van der Waals surface area contributed by atoms with Crippen LogP contribution in [0.1, 0.15) is 57.7 Å². The van der Waals surface area contributed by atoms with E-state index in [1.807, 2.05) is 12.1 Å². The minimum absolute atomic E-state index is 0.0985. The summed E-state index contributed by atoms with van der Waals surface area (Å²) in [4.78, 5) is 0. The second kappa shape index (κ2) is 6.24. The first-order chi connectivity index (χ1) is 10.2. The van der Waals surface area contributed by atoms with E-state index in [0.717, 1.165) is 18.4 Å². The molecule has 2 rings (SSSR count). The molecule has 0 N–H and O–H groups in total. The maximum atomic E-state index is 14.0. The van der Waals surface area contributed by atoms with E-state index in [-0.39, 0.29) is 16.6 Å². The summed E-state index contributed by atoms with van der Waals surface area (Å²) >= 11 is 0.